The van der Waals surface area contributed by atoms with Gasteiger partial charge in [0.1, 0.15) is 11.4 Å². The molecule has 0 saturated carbocycles. The van der Waals surface area contributed by atoms with E-state index in [9.17, 15) is 13.2 Å². The number of carbonyl (C=O) groups excluding carboxylic acids is 1. The average Bonchev–Trinajstić information content (AvgIpc) is 2.88. The zero-order valence-electron chi connectivity index (χ0n) is 16.8. The summed E-state index contributed by atoms with van der Waals surface area (Å²) in [6.45, 7) is 5.01. The lowest BCUT2D eigenvalue weighted by Gasteiger charge is -2.43. The second-order valence-corrected chi connectivity index (χ2v) is 11.2. The van der Waals surface area contributed by atoms with Crippen molar-refractivity contribution in [2.75, 3.05) is 38.2 Å². The van der Waals surface area contributed by atoms with Gasteiger partial charge >= 0.3 is 0 Å². The van der Waals surface area contributed by atoms with Gasteiger partial charge in [0.15, 0.2) is 9.84 Å². The molecule has 1 aromatic carbocycles. The second-order valence-electron chi connectivity index (χ2n) is 8.96. The van der Waals surface area contributed by atoms with E-state index in [1.807, 2.05) is 4.90 Å². The number of benzene rings is 1. The Morgan fingerprint density at radius 3 is 2.89 bits per heavy atom. The molecular weight excluding hydrogens is 376 g/mol. The highest BCUT2D eigenvalue weighted by Gasteiger charge is 2.42. The topological polar surface area (TPSA) is 66.9 Å². The molecule has 6 nitrogen and oxygen atoms in total. The number of amides is 1. The Morgan fingerprint density at radius 2 is 2.14 bits per heavy atom. The standard InChI is InChI=1S/C21H30N2O4S/c1-16-4-5-19-18(10-16)12-22(2)14-21(27-19)7-3-8-23(15-21)20(24)11-17-6-9-28(25,26)13-17/h4-5,10,17H,3,6-9,11-15H2,1-2H3/t17-,21+/m1/s1. The SMILES string of the molecule is Cc1ccc2c(c1)CN(C)C[C@]1(CCCN(C(=O)C[C@H]3CCS(=O)(=O)C3)C1)O2. The molecule has 0 unspecified atom stereocenters. The number of hydrogen-bond donors (Lipinski definition) is 0. The summed E-state index contributed by atoms with van der Waals surface area (Å²) in [6.07, 6.45) is 2.77. The zero-order valence-corrected chi connectivity index (χ0v) is 17.6. The molecule has 28 heavy (non-hydrogen) atoms. The van der Waals surface area contributed by atoms with Gasteiger partial charge in [0.25, 0.3) is 0 Å². The van der Waals surface area contributed by atoms with Gasteiger partial charge in [-0.2, -0.15) is 0 Å². The molecule has 0 bridgehead atoms. The molecular formula is C21H30N2O4S. The number of ether oxygens (including phenoxy) is 1. The average molecular weight is 407 g/mol. The fourth-order valence-electron chi connectivity index (χ4n) is 4.97. The Hall–Kier alpha value is -1.60. The van der Waals surface area contributed by atoms with Crippen molar-refractivity contribution in [2.24, 2.45) is 5.92 Å². The van der Waals surface area contributed by atoms with Crippen LogP contribution in [0.2, 0.25) is 0 Å². The molecule has 2 saturated heterocycles. The van der Waals surface area contributed by atoms with Crippen molar-refractivity contribution in [3.63, 3.8) is 0 Å². The summed E-state index contributed by atoms with van der Waals surface area (Å²) in [5.74, 6) is 1.34. The molecule has 1 amide bonds. The Bertz CT molecular complexity index is 869. The maximum absolute atomic E-state index is 12.9. The third-order valence-corrected chi connectivity index (χ3v) is 8.06. The monoisotopic (exact) mass is 406 g/mol. The van der Waals surface area contributed by atoms with Crippen molar-refractivity contribution in [1.29, 1.82) is 0 Å². The Kier molecular flexibility index (Phi) is 5.16. The van der Waals surface area contributed by atoms with E-state index in [-0.39, 0.29) is 23.3 Å². The van der Waals surface area contributed by atoms with Crippen molar-refractivity contribution in [3.05, 3.63) is 29.3 Å². The lowest BCUT2D eigenvalue weighted by atomic mass is 9.91. The number of nitrogens with zero attached hydrogens (tertiary/aromatic N) is 2. The van der Waals surface area contributed by atoms with Crippen molar-refractivity contribution >= 4 is 15.7 Å². The number of hydrogen-bond acceptors (Lipinski definition) is 5. The highest BCUT2D eigenvalue weighted by molar-refractivity contribution is 7.91. The zero-order chi connectivity index (χ0) is 19.9. The molecule has 1 aromatic rings. The van der Waals surface area contributed by atoms with Crippen LogP contribution in [0.1, 0.15) is 36.8 Å². The predicted molar refractivity (Wildman–Crippen MR) is 108 cm³/mol. The number of rotatable bonds is 2. The van der Waals surface area contributed by atoms with E-state index >= 15 is 0 Å². The fraction of sp³-hybridized carbons (Fsp3) is 0.667. The number of likely N-dealkylation sites (N-methyl/N-ethyl adjacent to an activating group) is 1. The van der Waals surface area contributed by atoms with Gasteiger partial charge in [0, 0.05) is 31.6 Å². The van der Waals surface area contributed by atoms with Crippen LogP contribution in [-0.4, -0.2) is 67.9 Å². The number of likely N-dealkylation sites (tertiary alicyclic amines) is 1. The molecule has 4 rings (SSSR count). The van der Waals surface area contributed by atoms with Crippen LogP contribution in [0.4, 0.5) is 0 Å². The Labute approximate surface area is 167 Å². The first-order chi connectivity index (χ1) is 13.2. The summed E-state index contributed by atoms with van der Waals surface area (Å²) in [6, 6.07) is 6.30. The molecule has 0 N–H and O–H groups in total. The van der Waals surface area contributed by atoms with Gasteiger partial charge in [-0.25, -0.2) is 8.42 Å². The third kappa shape index (κ3) is 4.20. The van der Waals surface area contributed by atoms with Gasteiger partial charge in [0.05, 0.1) is 18.1 Å². The second kappa shape index (κ2) is 7.34. The van der Waals surface area contributed by atoms with Crippen molar-refractivity contribution < 1.29 is 17.9 Å². The van der Waals surface area contributed by atoms with Crippen LogP contribution < -0.4 is 4.74 Å². The molecule has 1 spiro atoms. The van der Waals surface area contributed by atoms with Crippen molar-refractivity contribution in [2.45, 2.75) is 44.8 Å². The Balaban J connectivity index is 1.49. The van der Waals surface area contributed by atoms with Crippen LogP contribution >= 0.6 is 0 Å². The summed E-state index contributed by atoms with van der Waals surface area (Å²) in [4.78, 5) is 17.1. The van der Waals surface area contributed by atoms with Crippen LogP contribution in [0.15, 0.2) is 18.2 Å². The summed E-state index contributed by atoms with van der Waals surface area (Å²) < 4.78 is 30.0. The first-order valence-corrected chi connectivity index (χ1v) is 12.0. The van der Waals surface area contributed by atoms with E-state index < -0.39 is 15.4 Å². The highest BCUT2D eigenvalue weighted by Crippen LogP contribution is 2.35. The highest BCUT2D eigenvalue weighted by atomic mass is 32.2. The van der Waals surface area contributed by atoms with E-state index in [0.29, 0.717) is 19.4 Å². The first kappa shape index (κ1) is 19.7. The molecule has 154 valence electrons. The van der Waals surface area contributed by atoms with Gasteiger partial charge in [-0.3, -0.25) is 9.69 Å². The van der Waals surface area contributed by atoms with Gasteiger partial charge in [-0.1, -0.05) is 17.7 Å². The number of piperidine rings is 1. The molecule has 3 aliphatic rings. The summed E-state index contributed by atoms with van der Waals surface area (Å²) in [7, 11) is -0.846. The van der Waals surface area contributed by atoms with E-state index in [2.05, 4.69) is 37.1 Å². The van der Waals surface area contributed by atoms with E-state index in [1.54, 1.807) is 0 Å². The van der Waals surface area contributed by atoms with Crippen LogP contribution in [0.5, 0.6) is 5.75 Å². The lowest BCUT2D eigenvalue weighted by molar-refractivity contribution is -0.138. The predicted octanol–water partition coefficient (Wildman–Crippen LogP) is 2.01. The number of sulfone groups is 1. The molecule has 7 heteroatoms. The maximum atomic E-state index is 12.9. The Morgan fingerprint density at radius 1 is 1.32 bits per heavy atom. The summed E-state index contributed by atoms with van der Waals surface area (Å²) >= 11 is 0. The van der Waals surface area contributed by atoms with Crippen molar-refractivity contribution in [1.82, 2.24) is 9.80 Å². The normalized spacial score (nSPS) is 29.9. The van der Waals surface area contributed by atoms with E-state index in [0.717, 1.165) is 38.2 Å². The van der Waals surface area contributed by atoms with Crippen LogP contribution in [-0.2, 0) is 21.2 Å². The molecule has 3 heterocycles. The number of carbonyl (C=O) groups is 1. The van der Waals surface area contributed by atoms with Crippen molar-refractivity contribution in [3.8, 4) is 5.75 Å². The van der Waals surface area contributed by atoms with Crippen LogP contribution in [0, 0.1) is 12.8 Å². The fourth-order valence-corrected chi connectivity index (χ4v) is 6.83. The largest absolute Gasteiger partial charge is 0.484 e. The van der Waals surface area contributed by atoms with Gasteiger partial charge < -0.3 is 9.64 Å². The van der Waals surface area contributed by atoms with Crippen LogP contribution in [0.3, 0.4) is 0 Å². The third-order valence-electron chi connectivity index (χ3n) is 6.22. The number of aryl methyl sites for hydroxylation is 1. The van der Waals surface area contributed by atoms with E-state index in [1.165, 1.54) is 11.1 Å². The maximum Gasteiger partial charge on any atom is 0.223 e. The lowest BCUT2D eigenvalue weighted by Crippen LogP contribution is -2.57. The van der Waals surface area contributed by atoms with Gasteiger partial charge in [-0.15, -0.1) is 0 Å². The van der Waals surface area contributed by atoms with Gasteiger partial charge in [0.2, 0.25) is 5.91 Å². The van der Waals surface area contributed by atoms with E-state index in [4.69, 9.17) is 4.74 Å². The molecule has 2 fully saturated rings. The van der Waals surface area contributed by atoms with Crippen LogP contribution in [0.25, 0.3) is 0 Å². The molecule has 0 aliphatic carbocycles. The quantitative estimate of drug-likeness (QED) is 0.752. The summed E-state index contributed by atoms with van der Waals surface area (Å²) in [5, 5.41) is 0. The molecule has 0 radical (unpaired) electrons. The molecule has 0 aromatic heterocycles. The van der Waals surface area contributed by atoms with Gasteiger partial charge in [-0.05, 0) is 45.2 Å². The minimum atomic E-state index is -2.95. The first-order valence-electron chi connectivity index (χ1n) is 10.2. The minimum Gasteiger partial charge on any atom is -0.484 e. The minimum absolute atomic E-state index is 0.0307. The molecule has 3 aliphatic heterocycles. The molecule has 2 atom stereocenters. The smallest absolute Gasteiger partial charge is 0.223 e. The summed E-state index contributed by atoms with van der Waals surface area (Å²) in [5.41, 5.74) is 2.02. The number of fused-ring (bicyclic) bond motifs is 1.